The standard InChI is InChI=1S/C21H24O3.C17H16O5.2C2H4O/c1-11(2)23-19-9-16-15-7-13(5)14(6)8-17(15)21(22)18(16)10-20(19)24-12(3)4;1-20-12-7-6-11-14(17(12)22-3)13-10(15(11)19)5-4-9(8-18)16(13)21-2;2*1-2-3/h7-12H,1-6H3;4-7,18H,8H2,1-3H3;2*2H,1H3. The SMILES string of the molecule is CC=O.CC=O.COc1ccc2c(c1OC)-c1c(ccc(CO)c1OC)C2=O.Cc1cc2c(cc1C)-c1cc(OC(C)C)c(OC(C)C)cc1C2=O. The molecule has 0 bridgehead atoms. The molecule has 4 aromatic carbocycles. The molecule has 0 amide bonds. The van der Waals surface area contributed by atoms with Crippen LogP contribution in [0.1, 0.15) is 90.1 Å². The molecule has 0 atom stereocenters. The molecule has 1 N–H and O–H groups in total. The fraction of sp³-hybridized carbons (Fsp3) is 0.333. The Bertz CT molecular complexity index is 1890. The van der Waals surface area contributed by atoms with E-state index in [0.29, 0.717) is 62.1 Å². The Labute approximate surface area is 305 Å². The number of aldehydes is 2. The first-order chi connectivity index (χ1) is 24.8. The van der Waals surface area contributed by atoms with Crippen molar-refractivity contribution in [3.63, 3.8) is 0 Å². The molecule has 0 aliphatic heterocycles. The lowest BCUT2D eigenvalue weighted by molar-refractivity contribution is -0.106. The van der Waals surface area contributed by atoms with Crippen LogP contribution in [0.25, 0.3) is 22.3 Å². The van der Waals surface area contributed by atoms with E-state index in [1.54, 1.807) is 31.4 Å². The number of rotatable bonds is 8. The maximum absolute atomic E-state index is 12.8. The van der Waals surface area contributed by atoms with E-state index in [1.807, 2.05) is 52.8 Å². The van der Waals surface area contributed by atoms with Crippen molar-refractivity contribution >= 4 is 24.1 Å². The zero-order valence-electron chi connectivity index (χ0n) is 31.8. The second-order valence-electron chi connectivity index (χ2n) is 12.4. The molecule has 0 unspecified atom stereocenters. The van der Waals surface area contributed by atoms with Gasteiger partial charge in [0.25, 0.3) is 0 Å². The maximum Gasteiger partial charge on any atom is 0.194 e. The minimum atomic E-state index is -0.174. The van der Waals surface area contributed by atoms with Crippen molar-refractivity contribution in [3.05, 3.63) is 87.5 Å². The number of ketones is 2. The molecule has 2 aliphatic carbocycles. The van der Waals surface area contributed by atoms with Gasteiger partial charge < -0.3 is 38.4 Å². The Morgan fingerprint density at radius 3 is 1.44 bits per heavy atom. The van der Waals surface area contributed by atoms with Crippen molar-refractivity contribution in [3.8, 4) is 51.0 Å². The van der Waals surface area contributed by atoms with Crippen molar-refractivity contribution in [1.82, 2.24) is 0 Å². The number of aryl methyl sites for hydroxylation is 2. The number of methoxy groups -OCH3 is 3. The maximum atomic E-state index is 12.8. The third kappa shape index (κ3) is 8.35. The Morgan fingerprint density at radius 1 is 0.577 bits per heavy atom. The number of fused-ring (bicyclic) bond motifs is 6. The second-order valence-corrected chi connectivity index (χ2v) is 12.4. The van der Waals surface area contributed by atoms with Crippen LogP contribution in [0.3, 0.4) is 0 Å². The zero-order chi connectivity index (χ0) is 38.9. The van der Waals surface area contributed by atoms with Crippen LogP contribution in [0.2, 0.25) is 0 Å². The molecule has 0 saturated heterocycles. The van der Waals surface area contributed by atoms with E-state index in [9.17, 15) is 14.7 Å². The first-order valence-electron chi connectivity index (χ1n) is 16.9. The highest BCUT2D eigenvalue weighted by atomic mass is 16.5. The smallest absolute Gasteiger partial charge is 0.194 e. The first-order valence-corrected chi connectivity index (χ1v) is 16.9. The monoisotopic (exact) mass is 712 g/mol. The third-order valence-electron chi connectivity index (χ3n) is 8.12. The molecule has 4 aromatic rings. The summed E-state index contributed by atoms with van der Waals surface area (Å²) in [6.07, 6.45) is 1.55. The van der Waals surface area contributed by atoms with Crippen molar-refractivity contribution in [1.29, 1.82) is 0 Å². The lowest BCUT2D eigenvalue weighted by Crippen LogP contribution is -2.11. The molecule has 0 spiro atoms. The Hall–Kier alpha value is -5.48. The highest BCUT2D eigenvalue weighted by Gasteiger charge is 2.35. The molecule has 6 rings (SSSR count). The van der Waals surface area contributed by atoms with Crippen LogP contribution in [0.5, 0.6) is 28.7 Å². The number of hydrogen-bond donors (Lipinski definition) is 1. The molecule has 0 saturated carbocycles. The van der Waals surface area contributed by atoms with Gasteiger partial charge in [-0.05, 0) is 114 Å². The van der Waals surface area contributed by atoms with Crippen LogP contribution < -0.4 is 23.7 Å². The molecule has 10 heteroatoms. The number of carbonyl (C=O) groups excluding carboxylic acids is 4. The average Bonchev–Trinajstić information content (AvgIpc) is 3.53. The first kappa shape index (κ1) is 40.9. The van der Waals surface area contributed by atoms with E-state index in [2.05, 4.69) is 13.0 Å². The van der Waals surface area contributed by atoms with Gasteiger partial charge in [0.05, 0.1) is 40.1 Å². The molecular weight excluding hydrogens is 664 g/mol. The minimum absolute atomic E-state index is 0.0148. The van der Waals surface area contributed by atoms with Gasteiger partial charge in [0.1, 0.15) is 18.3 Å². The number of hydrogen-bond acceptors (Lipinski definition) is 10. The predicted molar refractivity (Wildman–Crippen MR) is 201 cm³/mol. The van der Waals surface area contributed by atoms with Crippen molar-refractivity contribution in [2.75, 3.05) is 21.3 Å². The highest BCUT2D eigenvalue weighted by molar-refractivity contribution is 6.24. The molecule has 0 fully saturated rings. The number of carbonyl (C=O) groups is 4. The van der Waals surface area contributed by atoms with Gasteiger partial charge >= 0.3 is 0 Å². The molecule has 0 aromatic heterocycles. The molecule has 276 valence electrons. The predicted octanol–water partition coefficient (Wildman–Crippen LogP) is 7.92. The summed E-state index contributed by atoms with van der Waals surface area (Å²) in [5.74, 6) is 2.81. The second kappa shape index (κ2) is 18.1. The Balaban J connectivity index is 0.000000244. The number of aliphatic hydroxyl groups is 1. The van der Waals surface area contributed by atoms with Gasteiger partial charge in [-0.2, -0.15) is 0 Å². The number of benzene rings is 4. The summed E-state index contributed by atoms with van der Waals surface area (Å²) in [6, 6.07) is 14.7. The van der Waals surface area contributed by atoms with Gasteiger partial charge in [-0.25, -0.2) is 0 Å². The fourth-order valence-corrected chi connectivity index (χ4v) is 5.97. The van der Waals surface area contributed by atoms with Crippen LogP contribution in [0.15, 0.2) is 48.5 Å². The quantitative estimate of drug-likeness (QED) is 0.155. The molecule has 0 heterocycles. The zero-order valence-corrected chi connectivity index (χ0v) is 31.8. The summed E-state index contributed by atoms with van der Waals surface area (Å²) >= 11 is 0. The van der Waals surface area contributed by atoms with Gasteiger partial charge in [-0.15, -0.1) is 0 Å². The van der Waals surface area contributed by atoms with Crippen molar-refractivity contribution in [2.45, 2.75) is 74.2 Å². The lowest BCUT2D eigenvalue weighted by Gasteiger charge is -2.18. The summed E-state index contributed by atoms with van der Waals surface area (Å²) in [5, 5.41) is 9.50. The van der Waals surface area contributed by atoms with E-state index in [0.717, 1.165) is 34.8 Å². The Morgan fingerprint density at radius 2 is 0.981 bits per heavy atom. The van der Waals surface area contributed by atoms with Crippen molar-refractivity contribution < 1.29 is 48.0 Å². The molecule has 52 heavy (non-hydrogen) atoms. The van der Waals surface area contributed by atoms with Crippen LogP contribution >= 0.6 is 0 Å². The largest absolute Gasteiger partial charge is 0.496 e. The topological polar surface area (TPSA) is 135 Å². The van der Waals surface area contributed by atoms with Crippen LogP contribution in [-0.2, 0) is 16.2 Å². The van der Waals surface area contributed by atoms with Gasteiger partial charge in [-0.1, -0.05) is 12.1 Å². The molecule has 10 nitrogen and oxygen atoms in total. The molecular formula is C42H48O10. The fourth-order valence-electron chi connectivity index (χ4n) is 5.97. The van der Waals surface area contributed by atoms with E-state index >= 15 is 0 Å². The van der Waals surface area contributed by atoms with Gasteiger partial charge in [0.2, 0.25) is 0 Å². The minimum Gasteiger partial charge on any atom is -0.496 e. The average molecular weight is 713 g/mol. The van der Waals surface area contributed by atoms with Crippen LogP contribution in [-0.4, -0.2) is 62.8 Å². The van der Waals surface area contributed by atoms with E-state index in [4.69, 9.17) is 33.3 Å². The summed E-state index contributed by atoms with van der Waals surface area (Å²) in [5.41, 5.74) is 8.69. The molecule has 2 aliphatic rings. The summed E-state index contributed by atoms with van der Waals surface area (Å²) in [6.45, 7) is 14.7. The van der Waals surface area contributed by atoms with E-state index in [1.165, 1.54) is 33.6 Å². The number of aliphatic hydroxyl groups excluding tert-OH is 1. The highest BCUT2D eigenvalue weighted by Crippen LogP contribution is 2.51. The van der Waals surface area contributed by atoms with E-state index < -0.39 is 0 Å². The van der Waals surface area contributed by atoms with Gasteiger partial charge in [0, 0.05) is 38.9 Å². The normalized spacial score (nSPS) is 11.3. The van der Waals surface area contributed by atoms with E-state index in [-0.39, 0.29) is 30.4 Å². The summed E-state index contributed by atoms with van der Waals surface area (Å²) in [7, 11) is 4.59. The van der Waals surface area contributed by atoms with Crippen LogP contribution in [0.4, 0.5) is 0 Å². The Kier molecular flexibility index (Phi) is 14.3. The van der Waals surface area contributed by atoms with Crippen LogP contribution in [0, 0.1) is 13.8 Å². The summed E-state index contributed by atoms with van der Waals surface area (Å²) in [4.78, 5) is 43.0. The molecule has 0 radical (unpaired) electrons. The number of ether oxygens (including phenoxy) is 5. The van der Waals surface area contributed by atoms with Crippen molar-refractivity contribution in [2.24, 2.45) is 0 Å². The van der Waals surface area contributed by atoms with Gasteiger partial charge in [0.15, 0.2) is 34.6 Å². The summed E-state index contributed by atoms with van der Waals surface area (Å²) < 4.78 is 28.1. The third-order valence-corrected chi connectivity index (χ3v) is 8.12. The lowest BCUT2D eigenvalue weighted by atomic mass is 9.99. The van der Waals surface area contributed by atoms with Gasteiger partial charge in [-0.3, -0.25) is 9.59 Å².